The zero-order valence-corrected chi connectivity index (χ0v) is 14.7. The molecular formula is C17H22F2N6O. The van der Waals surface area contributed by atoms with Crippen LogP contribution in [-0.2, 0) is 11.3 Å². The molecule has 0 bridgehead atoms. The van der Waals surface area contributed by atoms with Crippen LogP contribution in [0.25, 0.3) is 11.2 Å². The van der Waals surface area contributed by atoms with Crippen molar-refractivity contribution in [2.75, 3.05) is 18.4 Å². The molecule has 26 heavy (non-hydrogen) atoms. The highest BCUT2D eigenvalue weighted by Crippen LogP contribution is 2.30. The van der Waals surface area contributed by atoms with E-state index in [1.54, 1.807) is 6.92 Å². The third-order valence-corrected chi connectivity index (χ3v) is 5.37. The molecule has 1 atom stereocenters. The lowest BCUT2D eigenvalue weighted by Crippen LogP contribution is -2.38. The third kappa shape index (κ3) is 2.89. The van der Waals surface area contributed by atoms with Gasteiger partial charge < -0.3 is 14.8 Å². The van der Waals surface area contributed by atoms with Gasteiger partial charge >= 0.3 is 0 Å². The predicted molar refractivity (Wildman–Crippen MR) is 91.9 cm³/mol. The highest BCUT2D eigenvalue weighted by atomic mass is 19.3. The van der Waals surface area contributed by atoms with Crippen molar-refractivity contribution in [2.24, 2.45) is 5.92 Å². The minimum Gasteiger partial charge on any atom is -0.364 e. The first kappa shape index (κ1) is 17.1. The lowest BCUT2D eigenvalue weighted by Gasteiger charge is -2.29. The van der Waals surface area contributed by atoms with Crippen molar-refractivity contribution in [1.82, 2.24) is 24.4 Å². The molecule has 9 heteroatoms. The lowest BCUT2D eigenvalue weighted by molar-refractivity contribution is -0.137. The molecule has 2 aromatic heterocycles. The third-order valence-electron chi connectivity index (χ3n) is 5.37. The summed E-state index contributed by atoms with van der Waals surface area (Å²) in [5.41, 5.74) is 0.758. The maximum atomic E-state index is 13.2. The van der Waals surface area contributed by atoms with Gasteiger partial charge in [-0.15, -0.1) is 0 Å². The number of anilines is 1. The second-order valence-electron chi connectivity index (χ2n) is 6.95. The standard InChI is InChI=1S/C17H22F2N6O/c1-2-25-15-12(23-16(25)13(18)19)14(20-9-21-15)22-11-6-7-24(8-11)17(26)10-4-3-5-10/h9-11,13H,2-8H2,1H3,(H,20,21,22)/t11-/m0/s1. The summed E-state index contributed by atoms with van der Waals surface area (Å²) in [6.45, 7) is 3.47. The number of rotatable bonds is 5. The Bertz CT molecular complexity index is 819. The SMILES string of the molecule is CCn1c(C(F)F)nc2c(N[C@H]3CCN(C(=O)C4CCC4)C3)ncnc21. The smallest absolute Gasteiger partial charge is 0.295 e. The molecule has 0 radical (unpaired) electrons. The first-order valence-electron chi connectivity index (χ1n) is 9.13. The molecule has 1 aliphatic heterocycles. The Kier molecular flexibility index (Phi) is 4.46. The largest absolute Gasteiger partial charge is 0.364 e. The number of carbonyl (C=O) groups excluding carboxylic acids is 1. The van der Waals surface area contributed by atoms with E-state index in [1.807, 2.05) is 4.90 Å². The van der Waals surface area contributed by atoms with E-state index in [-0.39, 0.29) is 23.7 Å². The van der Waals surface area contributed by atoms with Crippen LogP contribution in [0.15, 0.2) is 6.33 Å². The second-order valence-corrected chi connectivity index (χ2v) is 6.95. The topological polar surface area (TPSA) is 75.9 Å². The van der Waals surface area contributed by atoms with Crippen LogP contribution in [0.4, 0.5) is 14.6 Å². The van der Waals surface area contributed by atoms with E-state index in [0.717, 1.165) is 25.7 Å². The Hall–Kier alpha value is -2.32. The van der Waals surface area contributed by atoms with E-state index < -0.39 is 6.43 Å². The summed E-state index contributed by atoms with van der Waals surface area (Å²) in [5, 5.41) is 3.28. The number of hydrogen-bond donors (Lipinski definition) is 1. The van der Waals surface area contributed by atoms with Gasteiger partial charge in [0.25, 0.3) is 6.43 Å². The molecule has 0 aromatic carbocycles. The van der Waals surface area contributed by atoms with E-state index in [0.29, 0.717) is 36.6 Å². The van der Waals surface area contributed by atoms with Gasteiger partial charge in [-0.05, 0) is 26.2 Å². The van der Waals surface area contributed by atoms with Crippen molar-refractivity contribution in [2.45, 2.75) is 51.6 Å². The first-order chi connectivity index (χ1) is 12.6. The highest BCUT2D eigenvalue weighted by molar-refractivity contribution is 5.84. The van der Waals surface area contributed by atoms with Gasteiger partial charge in [-0.1, -0.05) is 6.42 Å². The van der Waals surface area contributed by atoms with E-state index in [4.69, 9.17) is 0 Å². The highest BCUT2D eigenvalue weighted by Gasteiger charge is 2.34. The van der Waals surface area contributed by atoms with Gasteiger partial charge in [0.15, 0.2) is 22.8 Å². The van der Waals surface area contributed by atoms with Crippen LogP contribution in [0.3, 0.4) is 0 Å². The Balaban J connectivity index is 1.53. The number of fused-ring (bicyclic) bond motifs is 1. The molecule has 3 heterocycles. The molecular weight excluding hydrogens is 342 g/mol. The average molecular weight is 364 g/mol. The molecule has 2 aliphatic rings. The van der Waals surface area contributed by atoms with Crippen LogP contribution in [0, 0.1) is 5.92 Å². The molecule has 1 saturated heterocycles. The van der Waals surface area contributed by atoms with Crippen LogP contribution in [0.5, 0.6) is 0 Å². The number of imidazole rings is 1. The zero-order chi connectivity index (χ0) is 18.3. The molecule has 7 nitrogen and oxygen atoms in total. The summed E-state index contributed by atoms with van der Waals surface area (Å²) in [4.78, 5) is 26.7. The van der Waals surface area contributed by atoms with Crippen LogP contribution in [0.2, 0.25) is 0 Å². The molecule has 0 spiro atoms. The Labute approximate surface area is 149 Å². The Morgan fingerprint density at radius 1 is 1.35 bits per heavy atom. The summed E-state index contributed by atoms with van der Waals surface area (Å²) < 4.78 is 27.9. The number of likely N-dealkylation sites (tertiary alicyclic amines) is 1. The van der Waals surface area contributed by atoms with Gasteiger partial charge in [-0.3, -0.25) is 4.79 Å². The van der Waals surface area contributed by atoms with E-state index in [9.17, 15) is 13.6 Å². The number of amides is 1. The van der Waals surface area contributed by atoms with Gasteiger partial charge in [0.2, 0.25) is 5.91 Å². The predicted octanol–water partition coefficient (Wildman–Crippen LogP) is 2.60. The number of aryl methyl sites for hydroxylation is 1. The quantitative estimate of drug-likeness (QED) is 0.883. The van der Waals surface area contributed by atoms with Crippen LogP contribution < -0.4 is 5.32 Å². The average Bonchev–Trinajstić information content (AvgIpc) is 3.18. The summed E-state index contributed by atoms with van der Waals surface area (Å²) >= 11 is 0. The number of nitrogens with zero attached hydrogens (tertiary/aromatic N) is 5. The fourth-order valence-electron chi connectivity index (χ4n) is 3.72. The monoisotopic (exact) mass is 364 g/mol. The van der Waals surface area contributed by atoms with Crippen molar-refractivity contribution < 1.29 is 13.6 Å². The van der Waals surface area contributed by atoms with E-state index in [1.165, 1.54) is 10.9 Å². The van der Waals surface area contributed by atoms with Gasteiger partial charge in [0.1, 0.15) is 6.33 Å². The van der Waals surface area contributed by atoms with Crippen LogP contribution in [-0.4, -0.2) is 49.5 Å². The summed E-state index contributed by atoms with van der Waals surface area (Å²) in [5.74, 6) is 0.586. The van der Waals surface area contributed by atoms with Gasteiger partial charge in [0, 0.05) is 31.6 Å². The zero-order valence-electron chi connectivity index (χ0n) is 14.7. The minimum absolute atomic E-state index is 0.0407. The molecule has 4 rings (SSSR count). The van der Waals surface area contributed by atoms with Gasteiger partial charge in [-0.25, -0.2) is 23.7 Å². The molecule has 1 aliphatic carbocycles. The summed E-state index contributed by atoms with van der Waals surface area (Å²) in [7, 11) is 0. The number of carbonyl (C=O) groups is 1. The Morgan fingerprint density at radius 3 is 2.81 bits per heavy atom. The number of hydrogen-bond acceptors (Lipinski definition) is 5. The normalized spacial score (nSPS) is 20.8. The van der Waals surface area contributed by atoms with Gasteiger partial charge in [0.05, 0.1) is 0 Å². The molecule has 1 saturated carbocycles. The molecule has 1 N–H and O–H groups in total. The number of alkyl halides is 2. The number of aromatic nitrogens is 4. The molecule has 2 fully saturated rings. The Morgan fingerprint density at radius 2 is 2.15 bits per heavy atom. The summed E-state index contributed by atoms with van der Waals surface area (Å²) in [6, 6.07) is 0.0407. The van der Waals surface area contributed by atoms with E-state index in [2.05, 4.69) is 20.3 Å². The first-order valence-corrected chi connectivity index (χ1v) is 9.13. The number of nitrogens with one attached hydrogen (secondary N) is 1. The maximum absolute atomic E-state index is 13.2. The lowest BCUT2D eigenvalue weighted by atomic mass is 9.84. The van der Waals surface area contributed by atoms with Crippen molar-refractivity contribution in [3.05, 3.63) is 12.2 Å². The van der Waals surface area contributed by atoms with Crippen molar-refractivity contribution in [1.29, 1.82) is 0 Å². The fourth-order valence-corrected chi connectivity index (χ4v) is 3.72. The van der Waals surface area contributed by atoms with Gasteiger partial charge in [-0.2, -0.15) is 0 Å². The van der Waals surface area contributed by atoms with Crippen molar-refractivity contribution in [3.8, 4) is 0 Å². The minimum atomic E-state index is -2.67. The molecule has 140 valence electrons. The number of halogens is 2. The van der Waals surface area contributed by atoms with Crippen LogP contribution >= 0.6 is 0 Å². The van der Waals surface area contributed by atoms with Crippen LogP contribution in [0.1, 0.15) is 44.9 Å². The second kappa shape index (κ2) is 6.77. The fraction of sp³-hybridized carbons (Fsp3) is 0.647. The molecule has 2 aromatic rings. The van der Waals surface area contributed by atoms with Crippen molar-refractivity contribution >= 4 is 22.9 Å². The molecule has 1 amide bonds. The van der Waals surface area contributed by atoms with E-state index >= 15 is 0 Å². The molecule has 0 unspecified atom stereocenters. The maximum Gasteiger partial charge on any atom is 0.295 e. The summed E-state index contributed by atoms with van der Waals surface area (Å²) in [6.07, 6.45) is 2.62. The van der Waals surface area contributed by atoms with Crippen molar-refractivity contribution in [3.63, 3.8) is 0 Å².